The highest BCUT2D eigenvalue weighted by Gasteiger charge is 2.16. The predicted molar refractivity (Wildman–Crippen MR) is 79.5 cm³/mol. The van der Waals surface area contributed by atoms with Crippen molar-refractivity contribution in [2.75, 3.05) is 0 Å². The van der Waals surface area contributed by atoms with E-state index in [0.717, 1.165) is 33.8 Å². The maximum absolute atomic E-state index is 5.94. The van der Waals surface area contributed by atoms with Gasteiger partial charge in [-0.25, -0.2) is 4.68 Å². The third-order valence-electron chi connectivity index (χ3n) is 2.84. The van der Waals surface area contributed by atoms with Crippen LogP contribution in [0.4, 0.5) is 0 Å². The fraction of sp³-hybridized carbons (Fsp3) is 0.357. The molecule has 0 spiro atoms. The van der Waals surface area contributed by atoms with E-state index in [1.807, 2.05) is 45.2 Å². The van der Waals surface area contributed by atoms with Gasteiger partial charge in [0, 0.05) is 23.1 Å². The summed E-state index contributed by atoms with van der Waals surface area (Å²) in [5.74, 6) is 1.55. The van der Waals surface area contributed by atoms with E-state index in [1.165, 1.54) is 0 Å². The number of halogens is 1. The molecule has 0 amide bonds. The Morgan fingerprint density at radius 2 is 2.00 bits per heavy atom. The average molecular weight is 324 g/mol. The van der Waals surface area contributed by atoms with Gasteiger partial charge in [0.2, 0.25) is 5.88 Å². The lowest BCUT2D eigenvalue weighted by Gasteiger charge is -2.10. The zero-order chi connectivity index (χ0) is 14.0. The summed E-state index contributed by atoms with van der Waals surface area (Å²) < 4.78 is 8.72. The standard InChI is InChI=1S/C14H18BrN3O/c1-9(16)8-13-10(2)17-18(3)14(13)19-12-6-4-11(15)5-7-12/h4-7,9H,8,16H2,1-3H3. The van der Waals surface area contributed by atoms with Gasteiger partial charge >= 0.3 is 0 Å². The second kappa shape index (κ2) is 5.75. The van der Waals surface area contributed by atoms with Crippen molar-refractivity contribution < 1.29 is 4.74 Å². The zero-order valence-corrected chi connectivity index (χ0v) is 12.9. The summed E-state index contributed by atoms with van der Waals surface area (Å²) in [6.07, 6.45) is 0.755. The van der Waals surface area contributed by atoms with Crippen LogP contribution in [0.15, 0.2) is 28.7 Å². The molecule has 102 valence electrons. The Balaban J connectivity index is 2.31. The third kappa shape index (κ3) is 3.36. The van der Waals surface area contributed by atoms with Gasteiger partial charge < -0.3 is 10.5 Å². The van der Waals surface area contributed by atoms with Gasteiger partial charge in [-0.3, -0.25) is 0 Å². The van der Waals surface area contributed by atoms with Gasteiger partial charge in [-0.05, 0) is 44.5 Å². The number of hydrogen-bond acceptors (Lipinski definition) is 3. The summed E-state index contributed by atoms with van der Waals surface area (Å²) in [5, 5.41) is 4.40. The maximum atomic E-state index is 5.94. The quantitative estimate of drug-likeness (QED) is 0.940. The first-order valence-electron chi connectivity index (χ1n) is 6.19. The Morgan fingerprint density at radius 3 is 2.58 bits per heavy atom. The number of nitrogens with zero attached hydrogens (tertiary/aromatic N) is 2. The minimum Gasteiger partial charge on any atom is -0.439 e. The van der Waals surface area contributed by atoms with Crippen LogP contribution >= 0.6 is 15.9 Å². The second-order valence-corrected chi connectivity index (χ2v) is 5.65. The van der Waals surface area contributed by atoms with Gasteiger partial charge in [0.1, 0.15) is 5.75 Å². The Labute approximate surface area is 121 Å². The summed E-state index contributed by atoms with van der Waals surface area (Å²) in [6, 6.07) is 7.81. The van der Waals surface area contributed by atoms with E-state index in [1.54, 1.807) is 4.68 Å². The van der Waals surface area contributed by atoms with Gasteiger partial charge in [0.05, 0.1) is 5.69 Å². The molecule has 0 saturated carbocycles. The molecule has 0 saturated heterocycles. The van der Waals surface area contributed by atoms with Crippen LogP contribution in [0, 0.1) is 6.92 Å². The Morgan fingerprint density at radius 1 is 1.37 bits per heavy atom. The number of nitrogens with two attached hydrogens (primary N) is 1. The molecule has 4 nitrogen and oxygen atoms in total. The molecule has 2 aromatic rings. The van der Waals surface area contributed by atoms with Gasteiger partial charge in [0.25, 0.3) is 0 Å². The van der Waals surface area contributed by atoms with Gasteiger partial charge in [-0.2, -0.15) is 5.10 Å². The van der Waals surface area contributed by atoms with E-state index in [9.17, 15) is 0 Å². The summed E-state index contributed by atoms with van der Waals surface area (Å²) in [5.41, 5.74) is 7.92. The first-order chi connectivity index (χ1) is 8.97. The summed E-state index contributed by atoms with van der Waals surface area (Å²) in [4.78, 5) is 0. The second-order valence-electron chi connectivity index (χ2n) is 4.73. The fourth-order valence-electron chi connectivity index (χ4n) is 1.98. The van der Waals surface area contributed by atoms with E-state index < -0.39 is 0 Å². The molecule has 1 heterocycles. The van der Waals surface area contributed by atoms with E-state index in [4.69, 9.17) is 10.5 Å². The summed E-state index contributed by atoms with van der Waals surface area (Å²) in [7, 11) is 1.88. The van der Waals surface area contributed by atoms with E-state index in [-0.39, 0.29) is 6.04 Å². The maximum Gasteiger partial charge on any atom is 0.221 e. The molecule has 0 bridgehead atoms. The topological polar surface area (TPSA) is 53.1 Å². The molecular weight excluding hydrogens is 306 g/mol. The molecular formula is C14H18BrN3O. The van der Waals surface area contributed by atoms with Crippen molar-refractivity contribution in [2.45, 2.75) is 26.3 Å². The number of ether oxygens (including phenoxy) is 1. The third-order valence-corrected chi connectivity index (χ3v) is 3.37. The average Bonchev–Trinajstić information content (AvgIpc) is 2.58. The van der Waals surface area contributed by atoms with E-state index in [2.05, 4.69) is 21.0 Å². The monoisotopic (exact) mass is 323 g/mol. The van der Waals surface area contributed by atoms with Crippen molar-refractivity contribution in [3.8, 4) is 11.6 Å². The van der Waals surface area contributed by atoms with Crippen LogP contribution in [-0.2, 0) is 13.5 Å². The van der Waals surface area contributed by atoms with Crippen molar-refractivity contribution in [1.82, 2.24) is 9.78 Å². The summed E-state index contributed by atoms with van der Waals surface area (Å²) in [6.45, 7) is 3.96. The highest BCUT2D eigenvalue weighted by molar-refractivity contribution is 9.10. The van der Waals surface area contributed by atoms with Crippen LogP contribution < -0.4 is 10.5 Å². The molecule has 0 radical (unpaired) electrons. The molecule has 0 aliphatic carbocycles. The number of rotatable bonds is 4. The minimum atomic E-state index is 0.0789. The van der Waals surface area contributed by atoms with Gasteiger partial charge in [0.15, 0.2) is 0 Å². The Hall–Kier alpha value is -1.33. The van der Waals surface area contributed by atoms with Crippen LogP contribution in [0.2, 0.25) is 0 Å². The molecule has 19 heavy (non-hydrogen) atoms. The molecule has 1 aromatic heterocycles. The molecule has 1 aromatic carbocycles. The van der Waals surface area contributed by atoms with Crippen molar-refractivity contribution in [3.63, 3.8) is 0 Å². The lowest BCUT2D eigenvalue weighted by atomic mass is 10.1. The molecule has 1 unspecified atom stereocenters. The van der Waals surface area contributed by atoms with Crippen molar-refractivity contribution in [1.29, 1.82) is 0 Å². The van der Waals surface area contributed by atoms with Crippen LogP contribution in [0.5, 0.6) is 11.6 Å². The van der Waals surface area contributed by atoms with Crippen molar-refractivity contribution in [3.05, 3.63) is 40.0 Å². The number of hydrogen-bond donors (Lipinski definition) is 1. The first-order valence-corrected chi connectivity index (χ1v) is 6.98. The molecule has 0 fully saturated rings. The molecule has 5 heteroatoms. The normalized spacial score (nSPS) is 12.5. The lowest BCUT2D eigenvalue weighted by Crippen LogP contribution is -2.18. The molecule has 0 aliphatic rings. The SMILES string of the molecule is Cc1nn(C)c(Oc2ccc(Br)cc2)c1CC(C)N. The zero-order valence-electron chi connectivity index (χ0n) is 11.4. The Bertz CT molecular complexity index is 561. The first kappa shape index (κ1) is 14.1. The predicted octanol–water partition coefficient (Wildman–Crippen LogP) is 3.17. The molecule has 2 rings (SSSR count). The molecule has 2 N–H and O–H groups in total. The highest BCUT2D eigenvalue weighted by Crippen LogP contribution is 2.28. The van der Waals surface area contributed by atoms with E-state index >= 15 is 0 Å². The minimum absolute atomic E-state index is 0.0789. The van der Waals surface area contributed by atoms with Crippen LogP contribution in [0.3, 0.4) is 0 Å². The van der Waals surface area contributed by atoms with Crippen molar-refractivity contribution >= 4 is 15.9 Å². The largest absolute Gasteiger partial charge is 0.439 e. The molecule has 0 aliphatic heterocycles. The van der Waals surface area contributed by atoms with Gasteiger partial charge in [-0.1, -0.05) is 15.9 Å². The Kier molecular flexibility index (Phi) is 4.27. The molecule has 1 atom stereocenters. The number of aryl methyl sites for hydroxylation is 2. The van der Waals surface area contributed by atoms with Crippen LogP contribution in [-0.4, -0.2) is 15.8 Å². The van der Waals surface area contributed by atoms with Crippen LogP contribution in [0.25, 0.3) is 0 Å². The number of aromatic nitrogens is 2. The number of benzene rings is 1. The fourth-order valence-corrected chi connectivity index (χ4v) is 2.24. The smallest absolute Gasteiger partial charge is 0.221 e. The summed E-state index contributed by atoms with van der Waals surface area (Å²) >= 11 is 3.41. The van der Waals surface area contributed by atoms with E-state index in [0.29, 0.717) is 0 Å². The highest BCUT2D eigenvalue weighted by atomic mass is 79.9. The van der Waals surface area contributed by atoms with Gasteiger partial charge in [-0.15, -0.1) is 0 Å². The lowest BCUT2D eigenvalue weighted by molar-refractivity contribution is 0.424. The van der Waals surface area contributed by atoms with Crippen LogP contribution in [0.1, 0.15) is 18.2 Å². The van der Waals surface area contributed by atoms with Crippen molar-refractivity contribution in [2.24, 2.45) is 12.8 Å².